The van der Waals surface area contributed by atoms with Crippen molar-refractivity contribution >= 4 is 15.8 Å². The number of benzene rings is 1. The fourth-order valence-corrected chi connectivity index (χ4v) is 2.48. The van der Waals surface area contributed by atoms with Gasteiger partial charge in [-0.15, -0.1) is 0 Å². The Labute approximate surface area is 145 Å². The quantitative estimate of drug-likeness (QED) is 0.407. The summed E-state index contributed by atoms with van der Waals surface area (Å²) in [5.74, 6) is 0.742. The number of hydrogen-bond donors (Lipinski definition) is 2. The van der Waals surface area contributed by atoms with E-state index in [9.17, 15) is 21.6 Å². The third kappa shape index (κ3) is 10.5. The van der Waals surface area contributed by atoms with Crippen LogP contribution in [0.3, 0.4) is 0 Å². The Morgan fingerprint density at radius 1 is 1.20 bits per heavy atom. The van der Waals surface area contributed by atoms with Gasteiger partial charge in [-0.1, -0.05) is 12.1 Å². The van der Waals surface area contributed by atoms with Gasteiger partial charge in [0.15, 0.2) is 12.6 Å². The summed E-state index contributed by atoms with van der Waals surface area (Å²) in [5, 5.41) is 6.01. The maximum Gasteiger partial charge on any atom is 0.422 e. The number of ether oxygens (including phenoxy) is 1. The average molecular weight is 381 g/mol. The molecule has 1 aromatic rings. The lowest BCUT2D eigenvalue weighted by Crippen LogP contribution is -2.37. The highest BCUT2D eigenvalue weighted by atomic mass is 32.2. The molecule has 10 heteroatoms. The van der Waals surface area contributed by atoms with Crippen molar-refractivity contribution in [1.29, 1.82) is 0 Å². The molecule has 0 unspecified atom stereocenters. The predicted octanol–water partition coefficient (Wildman–Crippen LogP) is 1.73. The highest BCUT2D eigenvalue weighted by Crippen LogP contribution is 2.18. The van der Waals surface area contributed by atoms with E-state index in [1.807, 2.05) is 0 Å². The van der Waals surface area contributed by atoms with Gasteiger partial charge >= 0.3 is 6.18 Å². The smallest absolute Gasteiger partial charge is 0.422 e. The average Bonchev–Trinajstić information content (AvgIpc) is 2.51. The molecule has 1 aromatic carbocycles. The molecule has 0 aliphatic heterocycles. The van der Waals surface area contributed by atoms with Crippen molar-refractivity contribution in [1.82, 2.24) is 10.6 Å². The summed E-state index contributed by atoms with van der Waals surface area (Å²) in [7, 11) is -1.40. The van der Waals surface area contributed by atoms with Gasteiger partial charge in [-0.25, -0.2) is 8.42 Å². The van der Waals surface area contributed by atoms with Crippen molar-refractivity contribution in [3.05, 3.63) is 29.8 Å². The monoisotopic (exact) mass is 381 g/mol. The molecule has 0 radical (unpaired) electrons. The van der Waals surface area contributed by atoms with Crippen molar-refractivity contribution in [3.8, 4) is 5.75 Å². The van der Waals surface area contributed by atoms with Crippen LogP contribution in [0.4, 0.5) is 13.2 Å². The second-order valence-corrected chi connectivity index (χ2v) is 7.64. The molecule has 6 nitrogen and oxygen atoms in total. The van der Waals surface area contributed by atoms with E-state index in [4.69, 9.17) is 0 Å². The van der Waals surface area contributed by atoms with Crippen LogP contribution in [0.15, 0.2) is 29.3 Å². The van der Waals surface area contributed by atoms with Crippen LogP contribution in [0, 0.1) is 0 Å². The van der Waals surface area contributed by atoms with Crippen LogP contribution in [0.5, 0.6) is 5.75 Å². The van der Waals surface area contributed by atoms with Gasteiger partial charge in [0, 0.05) is 26.4 Å². The Kier molecular flexibility index (Phi) is 8.01. The van der Waals surface area contributed by atoms with E-state index >= 15 is 0 Å². The summed E-state index contributed by atoms with van der Waals surface area (Å²) in [4.78, 5) is 4.01. The second kappa shape index (κ2) is 9.50. The first-order valence-electron chi connectivity index (χ1n) is 7.50. The minimum Gasteiger partial charge on any atom is -0.484 e. The highest BCUT2D eigenvalue weighted by molar-refractivity contribution is 7.90. The third-order valence-electron chi connectivity index (χ3n) is 2.99. The van der Waals surface area contributed by atoms with Crippen molar-refractivity contribution < 1.29 is 26.3 Å². The standard InChI is InChI=1S/C15H22F3N3O3S/c1-19-14(20-8-3-9-25(2,22)23)21-10-12-4-6-13(7-5-12)24-11-15(16,17)18/h4-7H,3,8-11H2,1-2H3,(H2,19,20,21). The van der Waals surface area contributed by atoms with E-state index in [0.717, 1.165) is 5.56 Å². The molecule has 0 aromatic heterocycles. The highest BCUT2D eigenvalue weighted by Gasteiger charge is 2.28. The number of guanidine groups is 1. The predicted molar refractivity (Wildman–Crippen MR) is 90.5 cm³/mol. The van der Waals surface area contributed by atoms with Gasteiger partial charge in [0.1, 0.15) is 15.6 Å². The maximum absolute atomic E-state index is 12.1. The van der Waals surface area contributed by atoms with Crippen LogP contribution in [0.25, 0.3) is 0 Å². The fourth-order valence-electron chi connectivity index (χ4n) is 1.82. The number of hydrogen-bond acceptors (Lipinski definition) is 4. The van der Waals surface area contributed by atoms with E-state index in [2.05, 4.69) is 20.4 Å². The molecule has 0 atom stereocenters. The van der Waals surface area contributed by atoms with Crippen LogP contribution in [0.2, 0.25) is 0 Å². The van der Waals surface area contributed by atoms with Crippen molar-refractivity contribution in [2.45, 2.75) is 19.1 Å². The second-order valence-electron chi connectivity index (χ2n) is 5.38. The SMILES string of the molecule is CN=C(NCCCS(C)(=O)=O)NCc1ccc(OCC(F)(F)F)cc1. The first kappa shape index (κ1) is 21.1. The summed E-state index contributed by atoms with van der Waals surface area (Å²) < 4.78 is 62.9. The third-order valence-corrected chi connectivity index (χ3v) is 4.02. The Balaban J connectivity index is 2.37. The van der Waals surface area contributed by atoms with E-state index in [-0.39, 0.29) is 11.5 Å². The molecule has 2 N–H and O–H groups in total. The fraction of sp³-hybridized carbons (Fsp3) is 0.533. The number of alkyl halides is 3. The van der Waals surface area contributed by atoms with Gasteiger partial charge < -0.3 is 15.4 Å². The molecular formula is C15H22F3N3O3S. The Morgan fingerprint density at radius 2 is 1.84 bits per heavy atom. The molecule has 0 aliphatic rings. The summed E-state index contributed by atoms with van der Waals surface area (Å²) >= 11 is 0. The van der Waals surface area contributed by atoms with Gasteiger partial charge in [0.2, 0.25) is 0 Å². The topological polar surface area (TPSA) is 79.8 Å². The molecule has 142 valence electrons. The summed E-state index contributed by atoms with van der Waals surface area (Å²) in [5.41, 5.74) is 0.832. The molecule has 0 saturated heterocycles. The summed E-state index contributed by atoms with van der Waals surface area (Å²) in [6.45, 7) is -0.461. The lowest BCUT2D eigenvalue weighted by molar-refractivity contribution is -0.153. The molecule has 0 saturated carbocycles. The molecular weight excluding hydrogens is 359 g/mol. The van der Waals surface area contributed by atoms with Crippen LogP contribution in [-0.2, 0) is 16.4 Å². The van der Waals surface area contributed by atoms with Crippen molar-refractivity contribution in [2.24, 2.45) is 4.99 Å². The molecule has 0 amide bonds. The van der Waals surface area contributed by atoms with E-state index in [0.29, 0.717) is 25.5 Å². The molecule has 0 fully saturated rings. The van der Waals surface area contributed by atoms with E-state index in [1.54, 1.807) is 19.2 Å². The van der Waals surface area contributed by atoms with Gasteiger partial charge in [-0.3, -0.25) is 4.99 Å². The van der Waals surface area contributed by atoms with Gasteiger partial charge in [0.05, 0.1) is 5.75 Å². The largest absolute Gasteiger partial charge is 0.484 e. The number of sulfone groups is 1. The Hall–Kier alpha value is -1.97. The van der Waals surface area contributed by atoms with Crippen molar-refractivity contribution in [3.63, 3.8) is 0 Å². The normalized spacial score (nSPS) is 12.8. The summed E-state index contributed by atoms with van der Waals surface area (Å²) in [6, 6.07) is 6.22. The molecule has 0 bridgehead atoms. The minimum atomic E-state index is -4.37. The van der Waals surface area contributed by atoms with Gasteiger partial charge in [0.25, 0.3) is 0 Å². The maximum atomic E-state index is 12.1. The van der Waals surface area contributed by atoms with E-state index in [1.165, 1.54) is 18.4 Å². The zero-order valence-electron chi connectivity index (χ0n) is 14.1. The lowest BCUT2D eigenvalue weighted by atomic mass is 10.2. The first-order valence-corrected chi connectivity index (χ1v) is 9.56. The molecule has 0 spiro atoms. The molecule has 0 heterocycles. The molecule has 0 aliphatic carbocycles. The molecule has 25 heavy (non-hydrogen) atoms. The van der Waals surface area contributed by atoms with E-state index < -0.39 is 22.6 Å². The Morgan fingerprint density at radius 3 is 2.36 bits per heavy atom. The number of nitrogens with one attached hydrogen (secondary N) is 2. The Bertz CT molecular complexity index is 659. The zero-order chi connectivity index (χ0) is 18.9. The number of halogens is 3. The summed E-state index contributed by atoms with van der Waals surface area (Å²) in [6.07, 6.45) is -2.72. The first-order chi connectivity index (χ1) is 11.6. The van der Waals surface area contributed by atoms with Gasteiger partial charge in [-0.2, -0.15) is 13.2 Å². The van der Waals surface area contributed by atoms with Crippen LogP contribution in [-0.4, -0.2) is 52.8 Å². The van der Waals surface area contributed by atoms with Gasteiger partial charge in [-0.05, 0) is 24.1 Å². The van der Waals surface area contributed by atoms with Crippen LogP contribution >= 0.6 is 0 Å². The van der Waals surface area contributed by atoms with Crippen molar-refractivity contribution in [2.75, 3.05) is 32.2 Å². The minimum absolute atomic E-state index is 0.0936. The number of nitrogens with zero attached hydrogens (tertiary/aromatic N) is 1. The molecule has 1 rings (SSSR count). The lowest BCUT2D eigenvalue weighted by Gasteiger charge is -2.12. The van der Waals surface area contributed by atoms with Crippen LogP contribution in [0.1, 0.15) is 12.0 Å². The van der Waals surface area contributed by atoms with Crippen LogP contribution < -0.4 is 15.4 Å². The number of rotatable bonds is 8. The number of aliphatic imine (C=N–C) groups is 1. The zero-order valence-corrected chi connectivity index (χ0v) is 14.9.